The molecule has 1 aliphatic rings. The summed E-state index contributed by atoms with van der Waals surface area (Å²) in [4.78, 5) is 9.35. The number of piperazine rings is 1. The van der Waals surface area contributed by atoms with Gasteiger partial charge in [0, 0.05) is 32.2 Å². The number of hydrogen-bond donors (Lipinski definition) is 0. The van der Waals surface area contributed by atoms with Crippen LogP contribution in [0.25, 0.3) is 0 Å². The fourth-order valence-corrected chi connectivity index (χ4v) is 2.38. The maximum absolute atomic E-state index is 4.49. The van der Waals surface area contributed by atoms with Crippen LogP contribution in [0.15, 0.2) is 22.8 Å². The van der Waals surface area contributed by atoms with Crippen molar-refractivity contribution in [2.45, 2.75) is 19.9 Å². The Labute approximate surface area is 106 Å². The summed E-state index contributed by atoms with van der Waals surface area (Å²) in [5.74, 6) is 1.08. The maximum Gasteiger partial charge on any atom is 0.129 e. The molecular formula is C12H18BrN3. The van der Waals surface area contributed by atoms with E-state index in [1.807, 2.05) is 12.1 Å². The fraction of sp³-hybridized carbons (Fsp3) is 0.583. The first-order valence-corrected chi connectivity index (χ1v) is 6.57. The molecule has 3 nitrogen and oxygen atoms in total. The lowest BCUT2D eigenvalue weighted by Crippen LogP contribution is -2.49. The Kier molecular flexibility index (Phi) is 3.82. The average Bonchev–Trinajstić information content (AvgIpc) is 2.29. The largest absolute Gasteiger partial charge is 0.354 e. The molecule has 4 heteroatoms. The van der Waals surface area contributed by atoms with Gasteiger partial charge in [0.05, 0.1) is 0 Å². The van der Waals surface area contributed by atoms with E-state index >= 15 is 0 Å². The number of halogens is 1. The van der Waals surface area contributed by atoms with Crippen LogP contribution < -0.4 is 4.90 Å². The van der Waals surface area contributed by atoms with Gasteiger partial charge in [-0.25, -0.2) is 4.98 Å². The van der Waals surface area contributed by atoms with Crippen LogP contribution in [-0.4, -0.2) is 42.1 Å². The minimum absolute atomic E-state index is 0.651. The average molecular weight is 284 g/mol. The van der Waals surface area contributed by atoms with E-state index in [0.717, 1.165) is 36.6 Å². The van der Waals surface area contributed by atoms with Gasteiger partial charge in [0.2, 0.25) is 0 Å². The number of aromatic nitrogens is 1. The number of nitrogens with zero attached hydrogens (tertiary/aromatic N) is 3. The highest BCUT2D eigenvalue weighted by molar-refractivity contribution is 9.10. The van der Waals surface area contributed by atoms with E-state index in [2.05, 4.69) is 50.6 Å². The Morgan fingerprint density at radius 2 is 1.88 bits per heavy atom. The Morgan fingerprint density at radius 1 is 1.19 bits per heavy atom. The van der Waals surface area contributed by atoms with Gasteiger partial charge in [0.15, 0.2) is 0 Å². The van der Waals surface area contributed by atoms with Crippen molar-refractivity contribution in [3.8, 4) is 0 Å². The zero-order valence-corrected chi connectivity index (χ0v) is 11.4. The molecule has 2 heterocycles. The summed E-state index contributed by atoms with van der Waals surface area (Å²) in [6.45, 7) is 8.92. The normalized spacial score (nSPS) is 18.1. The first-order valence-electron chi connectivity index (χ1n) is 5.78. The van der Waals surface area contributed by atoms with Crippen molar-refractivity contribution in [3.05, 3.63) is 22.8 Å². The van der Waals surface area contributed by atoms with E-state index in [1.165, 1.54) is 0 Å². The molecule has 1 aliphatic heterocycles. The molecule has 0 saturated carbocycles. The standard InChI is InChI=1S/C12H18BrN3/c1-10(2)15-6-8-16(9-7-15)12-5-3-4-11(13)14-12/h3-5,10H,6-9H2,1-2H3. The van der Waals surface area contributed by atoms with Gasteiger partial charge >= 0.3 is 0 Å². The lowest BCUT2D eigenvalue weighted by molar-refractivity contribution is 0.209. The van der Waals surface area contributed by atoms with Gasteiger partial charge in [-0.05, 0) is 41.9 Å². The van der Waals surface area contributed by atoms with Gasteiger partial charge in [0.25, 0.3) is 0 Å². The van der Waals surface area contributed by atoms with Crippen LogP contribution in [0, 0.1) is 0 Å². The zero-order chi connectivity index (χ0) is 11.5. The van der Waals surface area contributed by atoms with Crippen molar-refractivity contribution >= 4 is 21.7 Å². The molecule has 0 aromatic carbocycles. The molecule has 0 spiro atoms. The van der Waals surface area contributed by atoms with E-state index in [-0.39, 0.29) is 0 Å². The molecule has 1 saturated heterocycles. The third-order valence-corrected chi connectivity index (χ3v) is 3.51. The molecule has 1 aromatic heterocycles. The molecule has 0 bridgehead atoms. The fourth-order valence-electron chi connectivity index (χ4n) is 2.04. The predicted molar refractivity (Wildman–Crippen MR) is 70.9 cm³/mol. The molecule has 2 rings (SSSR count). The second-order valence-corrected chi connectivity index (χ2v) is 5.25. The van der Waals surface area contributed by atoms with Gasteiger partial charge in [-0.2, -0.15) is 0 Å². The van der Waals surface area contributed by atoms with Crippen LogP contribution in [0.1, 0.15) is 13.8 Å². The lowest BCUT2D eigenvalue weighted by Gasteiger charge is -2.37. The van der Waals surface area contributed by atoms with Crippen molar-refractivity contribution in [1.29, 1.82) is 0 Å². The molecule has 0 atom stereocenters. The van der Waals surface area contributed by atoms with E-state index in [9.17, 15) is 0 Å². The van der Waals surface area contributed by atoms with Crippen LogP contribution in [0.5, 0.6) is 0 Å². The van der Waals surface area contributed by atoms with Crippen molar-refractivity contribution in [2.24, 2.45) is 0 Å². The zero-order valence-electron chi connectivity index (χ0n) is 9.86. The third-order valence-electron chi connectivity index (χ3n) is 3.07. The van der Waals surface area contributed by atoms with Crippen molar-refractivity contribution in [1.82, 2.24) is 9.88 Å². The molecule has 0 aliphatic carbocycles. The van der Waals surface area contributed by atoms with Gasteiger partial charge < -0.3 is 4.90 Å². The smallest absolute Gasteiger partial charge is 0.129 e. The van der Waals surface area contributed by atoms with Crippen LogP contribution in [0.4, 0.5) is 5.82 Å². The quantitative estimate of drug-likeness (QED) is 0.777. The highest BCUT2D eigenvalue weighted by Gasteiger charge is 2.19. The summed E-state index contributed by atoms with van der Waals surface area (Å²) < 4.78 is 0.913. The van der Waals surface area contributed by atoms with Crippen LogP contribution >= 0.6 is 15.9 Å². The minimum atomic E-state index is 0.651. The Morgan fingerprint density at radius 3 is 2.44 bits per heavy atom. The number of rotatable bonds is 2. The van der Waals surface area contributed by atoms with Gasteiger partial charge in [0.1, 0.15) is 10.4 Å². The van der Waals surface area contributed by atoms with Gasteiger partial charge in [-0.3, -0.25) is 4.90 Å². The Hall–Kier alpha value is -0.610. The Balaban J connectivity index is 1.99. The van der Waals surface area contributed by atoms with Crippen LogP contribution in [0.2, 0.25) is 0 Å². The summed E-state index contributed by atoms with van der Waals surface area (Å²) >= 11 is 3.42. The molecule has 0 N–H and O–H groups in total. The van der Waals surface area contributed by atoms with Crippen molar-refractivity contribution in [3.63, 3.8) is 0 Å². The lowest BCUT2D eigenvalue weighted by atomic mass is 10.2. The van der Waals surface area contributed by atoms with Crippen molar-refractivity contribution in [2.75, 3.05) is 31.1 Å². The first kappa shape index (κ1) is 11.9. The number of anilines is 1. The second kappa shape index (κ2) is 5.15. The van der Waals surface area contributed by atoms with E-state index in [4.69, 9.17) is 0 Å². The third kappa shape index (κ3) is 2.74. The number of hydrogen-bond acceptors (Lipinski definition) is 3. The summed E-state index contributed by atoms with van der Waals surface area (Å²) in [5, 5.41) is 0. The molecule has 16 heavy (non-hydrogen) atoms. The van der Waals surface area contributed by atoms with E-state index < -0.39 is 0 Å². The molecule has 0 radical (unpaired) electrons. The summed E-state index contributed by atoms with van der Waals surface area (Å²) in [7, 11) is 0. The highest BCUT2D eigenvalue weighted by atomic mass is 79.9. The SMILES string of the molecule is CC(C)N1CCN(c2cccc(Br)n2)CC1. The Bertz CT molecular complexity index is 346. The molecule has 1 fully saturated rings. The molecule has 0 amide bonds. The second-order valence-electron chi connectivity index (χ2n) is 4.44. The first-order chi connectivity index (χ1) is 7.66. The van der Waals surface area contributed by atoms with E-state index in [0.29, 0.717) is 6.04 Å². The topological polar surface area (TPSA) is 19.4 Å². The van der Waals surface area contributed by atoms with E-state index in [1.54, 1.807) is 0 Å². The molecule has 88 valence electrons. The van der Waals surface area contributed by atoms with Crippen LogP contribution in [0.3, 0.4) is 0 Å². The van der Waals surface area contributed by atoms with Gasteiger partial charge in [-0.1, -0.05) is 6.07 Å². The molecule has 0 unspecified atom stereocenters. The minimum Gasteiger partial charge on any atom is -0.354 e. The van der Waals surface area contributed by atoms with Crippen LogP contribution in [-0.2, 0) is 0 Å². The maximum atomic E-state index is 4.49. The molecule has 1 aromatic rings. The number of pyridine rings is 1. The molecular weight excluding hydrogens is 266 g/mol. The summed E-state index contributed by atoms with van der Waals surface area (Å²) in [6, 6.07) is 6.74. The summed E-state index contributed by atoms with van der Waals surface area (Å²) in [5.41, 5.74) is 0. The highest BCUT2D eigenvalue weighted by Crippen LogP contribution is 2.17. The van der Waals surface area contributed by atoms with Gasteiger partial charge in [-0.15, -0.1) is 0 Å². The monoisotopic (exact) mass is 283 g/mol. The van der Waals surface area contributed by atoms with Crippen molar-refractivity contribution < 1.29 is 0 Å². The summed E-state index contributed by atoms with van der Waals surface area (Å²) in [6.07, 6.45) is 0. The predicted octanol–water partition coefficient (Wildman–Crippen LogP) is 2.37.